The number of ether oxygens (including phenoxy) is 2. The summed E-state index contributed by atoms with van der Waals surface area (Å²) in [7, 11) is -2.03. The minimum absolute atomic E-state index is 0.0252. The maximum atomic E-state index is 12.6. The molecule has 0 atom stereocenters. The van der Waals surface area contributed by atoms with Crippen molar-refractivity contribution in [3.05, 3.63) is 65.7 Å². The van der Waals surface area contributed by atoms with E-state index < -0.39 is 22.6 Å². The number of carbonyl (C=O) groups is 2. The number of carbonyl (C=O) groups excluding carboxylic acids is 2. The van der Waals surface area contributed by atoms with Gasteiger partial charge < -0.3 is 14.4 Å². The summed E-state index contributed by atoms with van der Waals surface area (Å²) in [5.41, 5.74) is 1.05. The molecule has 0 heterocycles. The molecule has 0 fully saturated rings. The first-order valence-electron chi connectivity index (χ1n) is 8.84. The van der Waals surface area contributed by atoms with E-state index in [4.69, 9.17) is 9.47 Å². The fourth-order valence-corrected chi connectivity index (χ4v) is 3.12. The summed E-state index contributed by atoms with van der Waals surface area (Å²) in [5, 5.41) is 0. The van der Waals surface area contributed by atoms with Gasteiger partial charge in [0.1, 0.15) is 0 Å². The molecule has 8 nitrogen and oxygen atoms in total. The molecule has 0 spiro atoms. The van der Waals surface area contributed by atoms with Crippen LogP contribution in [0, 0.1) is 0 Å². The Bertz CT molecular complexity index is 931. The van der Waals surface area contributed by atoms with Gasteiger partial charge in [0.15, 0.2) is 6.61 Å². The number of benzene rings is 2. The number of sulfonamides is 1. The Morgan fingerprint density at radius 3 is 2.34 bits per heavy atom. The van der Waals surface area contributed by atoms with E-state index in [-0.39, 0.29) is 17.2 Å². The number of esters is 1. The second-order valence-corrected chi connectivity index (χ2v) is 8.04. The van der Waals surface area contributed by atoms with E-state index in [9.17, 15) is 18.0 Å². The SMILES string of the molecule is COCCN(Cc1ccccc1)C(=O)COC(=O)c1ccccc1NS(C)(=O)=O. The minimum atomic E-state index is -3.57. The van der Waals surface area contributed by atoms with Gasteiger partial charge in [0, 0.05) is 20.2 Å². The molecule has 0 saturated heterocycles. The molecule has 29 heavy (non-hydrogen) atoms. The number of rotatable bonds is 10. The molecule has 0 aliphatic heterocycles. The second kappa shape index (κ2) is 10.6. The van der Waals surface area contributed by atoms with Gasteiger partial charge in [-0.15, -0.1) is 0 Å². The number of amides is 1. The first-order valence-corrected chi connectivity index (χ1v) is 10.7. The summed E-state index contributed by atoms with van der Waals surface area (Å²) in [6.45, 7) is 0.566. The quantitative estimate of drug-likeness (QED) is 0.589. The van der Waals surface area contributed by atoms with Crippen LogP contribution in [-0.4, -0.2) is 58.3 Å². The van der Waals surface area contributed by atoms with Crippen molar-refractivity contribution in [1.82, 2.24) is 4.90 Å². The van der Waals surface area contributed by atoms with Crippen LogP contribution in [0.15, 0.2) is 54.6 Å². The standard InChI is InChI=1S/C20H24N2O6S/c1-27-13-12-22(14-16-8-4-3-5-9-16)19(23)15-28-20(24)17-10-6-7-11-18(17)21-29(2,25)26/h3-11,21H,12-15H2,1-2H3. The molecule has 0 aromatic heterocycles. The van der Waals surface area contributed by atoms with E-state index in [1.165, 1.54) is 24.1 Å². The van der Waals surface area contributed by atoms with Gasteiger partial charge in [-0.2, -0.15) is 0 Å². The summed E-state index contributed by atoms with van der Waals surface area (Å²) in [6, 6.07) is 15.5. The maximum Gasteiger partial charge on any atom is 0.340 e. The van der Waals surface area contributed by atoms with Crippen LogP contribution in [0.25, 0.3) is 0 Å². The topological polar surface area (TPSA) is 102 Å². The smallest absolute Gasteiger partial charge is 0.340 e. The van der Waals surface area contributed by atoms with Crippen LogP contribution >= 0.6 is 0 Å². The number of para-hydroxylation sites is 1. The van der Waals surface area contributed by atoms with Crippen molar-refractivity contribution in [2.75, 3.05) is 37.8 Å². The van der Waals surface area contributed by atoms with Crippen LogP contribution in [0.3, 0.4) is 0 Å². The monoisotopic (exact) mass is 420 g/mol. The van der Waals surface area contributed by atoms with Gasteiger partial charge in [-0.05, 0) is 17.7 Å². The molecule has 0 saturated carbocycles. The van der Waals surface area contributed by atoms with E-state index in [1.807, 2.05) is 30.3 Å². The Labute approximate surface area is 170 Å². The molecule has 0 aliphatic rings. The zero-order valence-electron chi connectivity index (χ0n) is 16.3. The van der Waals surface area contributed by atoms with Gasteiger partial charge in [-0.1, -0.05) is 42.5 Å². The summed E-state index contributed by atoms with van der Waals surface area (Å²) >= 11 is 0. The molecule has 2 rings (SSSR count). The van der Waals surface area contributed by atoms with E-state index in [0.717, 1.165) is 11.8 Å². The van der Waals surface area contributed by atoms with Crippen molar-refractivity contribution < 1.29 is 27.5 Å². The second-order valence-electron chi connectivity index (χ2n) is 6.29. The Kier molecular flexibility index (Phi) is 8.17. The first-order chi connectivity index (χ1) is 13.8. The highest BCUT2D eigenvalue weighted by Gasteiger charge is 2.19. The van der Waals surface area contributed by atoms with Gasteiger partial charge in [-0.3, -0.25) is 9.52 Å². The molecule has 2 aromatic rings. The zero-order valence-corrected chi connectivity index (χ0v) is 17.1. The summed E-state index contributed by atoms with van der Waals surface area (Å²) in [5.74, 6) is -1.18. The molecule has 0 bridgehead atoms. The lowest BCUT2D eigenvalue weighted by molar-refractivity contribution is -0.135. The third-order valence-electron chi connectivity index (χ3n) is 3.90. The molecule has 0 radical (unpaired) electrons. The molecular weight excluding hydrogens is 396 g/mol. The lowest BCUT2D eigenvalue weighted by Crippen LogP contribution is -2.36. The highest BCUT2D eigenvalue weighted by Crippen LogP contribution is 2.17. The fourth-order valence-electron chi connectivity index (χ4n) is 2.54. The van der Waals surface area contributed by atoms with Crippen LogP contribution < -0.4 is 4.72 Å². The summed E-state index contributed by atoms with van der Waals surface area (Å²) < 4.78 is 35.4. The van der Waals surface area contributed by atoms with Gasteiger partial charge >= 0.3 is 5.97 Å². The first kappa shape index (κ1) is 22.4. The average Bonchev–Trinajstić information content (AvgIpc) is 2.69. The van der Waals surface area contributed by atoms with E-state index in [1.54, 1.807) is 12.1 Å². The Balaban J connectivity index is 2.04. The Morgan fingerprint density at radius 1 is 1.03 bits per heavy atom. The minimum Gasteiger partial charge on any atom is -0.452 e. The van der Waals surface area contributed by atoms with Gasteiger partial charge in [0.25, 0.3) is 5.91 Å². The fraction of sp³-hybridized carbons (Fsp3) is 0.300. The predicted octanol–water partition coefficient (Wildman–Crippen LogP) is 1.89. The van der Waals surface area contributed by atoms with Crippen molar-refractivity contribution in [2.24, 2.45) is 0 Å². The van der Waals surface area contributed by atoms with Gasteiger partial charge in [0.05, 0.1) is 24.1 Å². The number of nitrogens with one attached hydrogen (secondary N) is 1. The van der Waals surface area contributed by atoms with Gasteiger partial charge in [0.2, 0.25) is 10.0 Å². The van der Waals surface area contributed by atoms with Crippen LogP contribution in [0.2, 0.25) is 0 Å². The van der Waals surface area contributed by atoms with Crippen molar-refractivity contribution in [3.63, 3.8) is 0 Å². The maximum absolute atomic E-state index is 12.6. The highest BCUT2D eigenvalue weighted by molar-refractivity contribution is 7.92. The lowest BCUT2D eigenvalue weighted by Gasteiger charge is -2.22. The lowest BCUT2D eigenvalue weighted by atomic mass is 10.2. The zero-order chi connectivity index (χ0) is 21.3. The summed E-state index contributed by atoms with van der Waals surface area (Å²) in [6.07, 6.45) is 0.982. The molecule has 9 heteroatoms. The molecular formula is C20H24N2O6S. The number of methoxy groups -OCH3 is 1. The molecule has 1 amide bonds. The van der Waals surface area contributed by atoms with Crippen LogP contribution in [-0.2, 0) is 30.8 Å². The Hall–Kier alpha value is -2.91. The number of anilines is 1. The number of hydrogen-bond donors (Lipinski definition) is 1. The van der Waals surface area contributed by atoms with Crippen LogP contribution in [0.5, 0.6) is 0 Å². The summed E-state index contributed by atoms with van der Waals surface area (Å²) in [4.78, 5) is 26.5. The van der Waals surface area contributed by atoms with Crippen molar-refractivity contribution >= 4 is 27.6 Å². The normalized spacial score (nSPS) is 11.0. The van der Waals surface area contributed by atoms with Crippen molar-refractivity contribution in [3.8, 4) is 0 Å². The van der Waals surface area contributed by atoms with E-state index >= 15 is 0 Å². The molecule has 0 unspecified atom stereocenters. The largest absolute Gasteiger partial charge is 0.452 e. The molecule has 2 aromatic carbocycles. The van der Waals surface area contributed by atoms with Gasteiger partial charge in [-0.25, -0.2) is 13.2 Å². The van der Waals surface area contributed by atoms with E-state index in [2.05, 4.69) is 4.72 Å². The van der Waals surface area contributed by atoms with Crippen LogP contribution in [0.1, 0.15) is 15.9 Å². The number of nitrogens with zero attached hydrogens (tertiary/aromatic N) is 1. The predicted molar refractivity (Wildman–Crippen MR) is 109 cm³/mol. The number of hydrogen-bond acceptors (Lipinski definition) is 6. The van der Waals surface area contributed by atoms with Crippen molar-refractivity contribution in [1.29, 1.82) is 0 Å². The highest BCUT2D eigenvalue weighted by atomic mass is 32.2. The average molecular weight is 420 g/mol. The third-order valence-corrected chi connectivity index (χ3v) is 4.49. The molecule has 156 valence electrons. The van der Waals surface area contributed by atoms with Crippen molar-refractivity contribution in [2.45, 2.75) is 6.54 Å². The molecule has 1 N–H and O–H groups in total. The van der Waals surface area contributed by atoms with E-state index in [0.29, 0.717) is 19.7 Å². The third kappa shape index (κ3) is 7.55. The Morgan fingerprint density at radius 2 is 1.69 bits per heavy atom. The van der Waals surface area contributed by atoms with Crippen LogP contribution in [0.4, 0.5) is 5.69 Å². The molecule has 0 aliphatic carbocycles.